The van der Waals surface area contributed by atoms with Crippen molar-refractivity contribution in [3.8, 4) is 0 Å². The maximum Gasteiger partial charge on any atom is 0.155 e. The minimum absolute atomic E-state index is 0.845. The van der Waals surface area contributed by atoms with E-state index in [4.69, 9.17) is 0 Å². The van der Waals surface area contributed by atoms with Crippen LogP contribution in [0.5, 0.6) is 0 Å². The summed E-state index contributed by atoms with van der Waals surface area (Å²) in [4.78, 5) is 4.49. The molecule has 1 aliphatic rings. The molecule has 0 radical (unpaired) electrons. The third kappa shape index (κ3) is 2.19. The van der Waals surface area contributed by atoms with Crippen LogP contribution in [0.25, 0.3) is 5.65 Å². The number of hydrogen-bond donors (Lipinski definition) is 0. The maximum atomic E-state index is 4.49. The summed E-state index contributed by atoms with van der Waals surface area (Å²) in [7, 11) is 0. The van der Waals surface area contributed by atoms with Gasteiger partial charge in [-0.3, -0.25) is 0 Å². The molecule has 0 unspecified atom stereocenters. The van der Waals surface area contributed by atoms with Crippen LogP contribution < -0.4 is 0 Å². The molecule has 3 rings (SSSR count). The molecule has 0 atom stereocenters. The third-order valence-corrected chi connectivity index (χ3v) is 3.78. The molecule has 0 amide bonds. The standard InChI is InChI=1S/C14H19N3/c1-11-9-13(10-12-5-3-2-4-6-12)17-14(16-11)7-8-15-17/h7-9,12H,2-6,10H2,1H3. The number of aromatic nitrogens is 3. The van der Waals surface area contributed by atoms with Crippen molar-refractivity contribution < 1.29 is 0 Å². The van der Waals surface area contributed by atoms with Crippen LogP contribution in [0.4, 0.5) is 0 Å². The van der Waals surface area contributed by atoms with E-state index in [1.54, 1.807) is 0 Å². The van der Waals surface area contributed by atoms with Crippen LogP contribution in [0.15, 0.2) is 18.3 Å². The van der Waals surface area contributed by atoms with Gasteiger partial charge in [0.1, 0.15) is 0 Å². The molecular formula is C14H19N3. The van der Waals surface area contributed by atoms with Crippen molar-refractivity contribution in [1.29, 1.82) is 0 Å². The van der Waals surface area contributed by atoms with Crippen molar-refractivity contribution in [1.82, 2.24) is 14.6 Å². The highest BCUT2D eigenvalue weighted by molar-refractivity contribution is 5.38. The second kappa shape index (κ2) is 4.47. The number of nitrogens with zero attached hydrogens (tertiary/aromatic N) is 3. The molecule has 0 spiro atoms. The summed E-state index contributed by atoms with van der Waals surface area (Å²) in [5.41, 5.74) is 3.41. The van der Waals surface area contributed by atoms with Crippen molar-refractivity contribution in [2.75, 3.05) is 0 Å². The fourth-order valence-corrected chi connectivity index (χ4v) is 2.95. The SMILES string of the molecule is Cc1cc(CC2CCCCC2)n2nccc2n1. The van der Waals surface area contributed by atoms with Crippen molar-refractivity contribution in [2.45, 2.75) is 45.4 Å². The van der Waals surface area contributed by atoms with Gasteiger partial charge in [-0.05, 0) is 25.3 Å². The van der Waals surface area contributed by atoms with Crippen LogP contribution in [0.3, 0.4) is 0 Å². The molecule has 0 bridgehead atoms. The van der Waals surface area contributed by atoms with Gasteiger partial charge < -0.3 is 0 Å². The van der Waals surface area contributed by atoms with Gasteiger partial charge in [-0.15, -0.1) is 0 Å². The summed E-state index contributed by atoms with van der Waals surface area (Å²) in [6.07, 6.45) is 9.97. The fraction of sp³-hybridized carbons (Fsp3) is 0.571. The highest BCUT2D eigenvalue weighted by Crippen LogP contribution is 2.26. The zero-order valence-corrected chi connectivity index (χ0v) is 10.4. The average Bonchev–Trinajstić information content (AvgIpc) is 2.78. The zero-order chi connectivity index (χ0) is 11.7. The molecule has 3 heteroatoms. The van der Waals surface area contributed by atoms with E-state index in [0.717, 1.165) is 23.7 Å². The highest BCUT2D eigenvalue weighted by Gasteiger charge is 2.16. The first-order valence-corrected chi connectivity index (χ1v) is 6.63. The van der Waals surface area contributed by atoms with Crippen LogP contribution in [0.2, 0.25) is 0 Å². The first-order valence-electron chi connectivity index (χ1n) is 6.63. The third-order valence-electron chi connectivity index (χ3n) is 3.78. The summed E-state index contributed by atoms with van der Waals surface area (Å²) >= 11 is 0. The summed E-state index contributed by atoms with van der Waals surface area (Å²) in [6, 6.07) is 4.17. The molecule has 1 aliphatic carbocycles. The molecular weight excluding hydrogens is 210 g/mol. The summed E-state index contributed by atoms with van der Waals surface area (Å²) in [5.74, 6) is 0.845. The Morgan fingerprint density at radius 2 is 2.12 bits per heavy atom. The van der Waals surface area contributed by atoms with Gasteiger partial charge in [-0.1, -0.05) is 32.1 Å². The Balaban J connectivity index is 1.90. The number of fused-ring (bicyclic) bond motifs is 1. The van der Waals surface area contributed by atoms with Crippen molar-refractivity contribution in [2.24, 2.45) is 5.92 Å². The lowest BCUT2D eigenvalue weighted by atomic mass is 9.86. The van der Waals surface area contributed by atoms with E-state index in [-0.39, 0.29) is 0 Å². The highest BCUT2D eigenvalue weighted by atomic mass is 15.2. The van der Waals surface area contributed by atoms with Crippen molar-refractivity contribution in [3.05, 3.63) is 29.7 Å². The van der Waals surface area contributed by atoms with Crippen LogP contribution in [-0.2, 0) is 6.42 Å². The molecule has 90 valence electrons. The Bertz CT molecular complexity index is 509. The molecule has 0 N–H and O–H groups in total. The van der Waals surface area contributed by atoms with Gasteiger partial charge in [0.25, 0.3) is 0 Å². The molecule has 2 aromatic heterocycles. The van der Waals surface area contributed by atoms with Gasteiger partial charge in [0, 0.05) is 17.5 Å². The molecule has 1 saturated carbocycles. The van der Waals surface area contributed by atoms with Crippen LogP contribution in [-0.4, -0.2) is 14.6 Å². The van der Waals surface area contributed by atoms with E-state index in [1.165, 1.54) is 37.8 Å². The predicted octanol–water partition coefficient (Wildman–Crippen LogP) is 3.16. The van der Waals surface area contributed by atoms with Gasteiger partial charge in [0.15, 0.2) is 5.65 Å². The lowest BCUT2D eigenvalue weighted by Gasteiger charge is -2.21. The molecule has 0 aromatic carbocycles. The zero-order valence-electron chi connectivity index (χ0n) is 10.4. The second-order valence-electron chi connectivity index (χ2n) is 5.20. The predicted molar refractivity (Wildman–Crippen MR) is 68.0 cm³/mol. The van der Waals surface area contributed by atoms with Crippen molar-refractivity contribution >= 4 is 5.65 Å². The Morgan fingerprint density at radius 1 is 1.29 bits per heavy atom. The maximum absolute atomic E-state index is 4.49. The molecule has 3 nitrogen and oxygen atoms in total. The molecule has 1 fully saturated rings. The smallest absolute Gasteiger partial charge is 0.155 e. The minimum atomic E-state index is 0.845. The van der Waals surface area contributed by atoms with E-state index in [9.17, 15) is 0 Å². The minimum Gasteiger partial charge on any atom is -0.234 e. The van der Waals surface area contributed by atoms with Crippen LogP contribution in [0, 0.1) is 12.8 Å². The Kier molecular flexibility index (Phi) is 2.83. The Hall–Kier alpha value is -1.38. The number of aryl methyl sites for hydroxylation is 1. The second-order valence-corrected chi connectivity index (χ2v) is 5.20. The molecule has 17 heavy (non-hydrogen) atoms. The summed E-state index contributed by atoms with van der Waals surface area (Å²) < 4.78 is 2.00. The largest absolute Gasteiger partial charge is 0.234 e. The van der Waals surface area contributed by atoms with Gasteiger partial charge in [0.2, 0.25) is 0 Å². The summed E-state index contributed by atoms with van der Waals surface area (Å²) in [6.45, 7) is 2.07. The van der Waals surface area contributed by atoms with Gasteiger partial charge in [-0.2, -0.15) is 5.10 Å². The first-order chi connectivity index (χ1) is 8.33. The van der Waals surface area contributed by atoms with E-state index < -0.39 is 0 Å². The molecule has 0 saturated heterocycles. The molecule has 2 aromatic rings. The molecule has 2 heterocycles. The van der Waals surface area contributed by atoms with Gasteiger partial charge in [-0.25, -0.2) is 9.50 Å². The molecule has 0 aliphatic heterocycles. The quantitative estimate of drug-likeness (QED) is 0.791. The van der Waals surface area contributed by atoms with Gasteiger partial charge >= 0.3 is 0 Å². The van der Waals surface area contributed by atoms with E-state index in [0.29, 0.717) is 0 Å². The normalized spacial score (nSPS) is 17.7. The fourth-order valence-electron chi connectivity index (χ4n) is 2.95. The van der Waals surface area contributed by atoms with E-state index in [2.05, 4.69) is 23.1 Å². The monoisotopic (exact) mass is 229 g/mol. The summed E-state index contributed by atoms with van der Waals surface area (Å²) in [5, 5.41) is 4.38. The van der Waals surface area contributed by atoms with E-state index in [1.807, 2.05) is 16.8 Å². The number of rotatable bonds is 2. The van der Waals surface area contributed by atoms with Gasteiger partial charge in [0.05, 0.1) is 6.20 Å². The lowest BCUT2D eigenvalue weighted by Crippen LogP contribution is -2.12. The first kappa shape index (κ1) is 10.8. The van der Waals surface area contributed by atoms with Crippen LogP contribution >= 0.6 is 0 Å². The Labute approximate surface area is 102 Å². The lowest BCUT2D eigenvalue weighted by molar-refractivity contribution is 0.352. The topological polar surface area (TPSA) is 30.2 Å². The van der Waals surface area contributed by atoms with Crippen LogP contribution in [0.1, 0.15) is 43.5 Å². The Morgan fingerprint density at radius 3 is 2.94 bits per heavy atom. The van der Waals surface area contributed by atoms with Crippen molar-refractivity contribution in [3.63, 3.8) is 0 Å². The van der Waals surface area contributed by atoms with E-state index >= 15 is 0 Å². The average molecular weight is 229 g/mol. The number of hydrogen-bond acceptors (Lipinski definition) is 2.